The SMILES string of the molecule is C/C(=N\NC(=O)Cn1nccc1C)c1ccc2ccccc2c1. The number of aromatic nitrogens is 2. The molecule has 23 heavy (non-hydrogen) atoms. The van der Waals surface area contributed by atoms with Crippen molar-refractivity contribution in [2.24, 2.45) is 5.10 Å². The number of carbonyl (C=O) groups excluding carboxylic acids is 1. The number of aryl methyl sites for hydroxylation is 1. The predicted octanol–water partition coefficient (Wildman–Crippen LogP) is 2.89. The zero-order valence-corrected chi connectivity index (χ0v) is 13.2. The number of amides is 1. The third-order valence-corrected chi connectivity index (χ3v) is 3.74. The van der Waals surface area contributed by atoms with Crippen LogP contribution in [0, 0.1) is 6.92 Å². The highest BCUT2D eigenvalue weighted by Gasteiger charge is 2.05. The molecule has 0 fully saturated rings. The molecule has 0 aliphatic heterocycles. The van der Waals surface area contributed by atoms with Crippen LogP contribution in [0.1, 0.15) is 18.2 Å². The zero-order valence-electron chi connectivity index (χ0n) is 13.2. The van der Waals surface area contributed by atoms with Gasteiger partial charge in [0.15, 0.2) is 0 Å². The Bertz CT molecular complexity index is 879. The second-order valence-electron chi connectivity index (χ2n) is 5.42. The lowest BCUT2D eigenvalue weighted by Crippen LogP contribution is -2.25. The molecule has 3 aromatic rings. The van der Waals surface area contributed by atoms with E-state index in [2.05, 4.69) is 39.9 Å². The molecule has 2 aromatic carbocycles. The molecule has 5 nitrogen and oxygen atoms in total. The molecular weight excluding hydrogens is 288 g/mol. The predicted molar refractivity (Wildman–Crippen MR) is 91.3 cm³/mol. The van der Waals surface area contributed by atoms with E-state index in [4.69, 9.17) is 0 Å². The highest BCUT2D eigenvalue weighted by atomic mass is 16.2. The van der Waals surface area contributed by atoms with Crippen LogP contribution in [0.5, 0.6) is 0 Å². The van der Waals surface area contributed by atoms with E-state index in [-0.39, 0.29) is 12.5 Å². The van der Waals surface area contributed by atoms with E-state index >= 15 is 0 Å². The van der Waals surface area contributed by atoms with Gasteiger partial charge in [-0.2, -0.15) is 10.2 Å². The fourth-order valence-corrected chi connectivity index (χ4v) is 2.36. The highest BCUT2D eigenvalue weighted by molar-refractivity contribution is 6.02. The van der Waals surface area contributed by atoms with Gasteiger partial charge in [0.25, 0.3) is 5.91 Å². The minimum atomic E-state index is -0.197. The van der Waals surface area contributed by atoms with Gasteiger partial charge in [0, 0.05) is 11.9 Å². The van der Waals surface area contributed by atoms with Gasteiger partial charge in [-0.1, -0.05) is 36.4 Å². The Labute approximate surface area is 134 Å². The molecular formula is C18H18N4O. The molecule has 5 heteroatoms. The summed E-state index contributed by atoms with van der Waals surface area (Å²) in [6, 6.07) is 16.1. The van der Waals surface area contributed by atoms with Crippen LogP contribution in [0.2, 0.25) is 0 Å². The number of benzene rings is 2. The van der Waals surface area contributed by atoms with Crippen molar-refractivity contribution in [1.29, 1.82) is 0 Å². The number of rotatable bonds is 4. The molecule has 0 unspecified atom stereocenters. The number of nitrogens with zero attached hydrogens (tertiary/aromatic N) is 3. The molecule has 0 radical (unpaired) electrons. The van der Waals surface area contributed by atoms with Crippen LogP contribution < -0.4 is 5.43 Å². The van der Waals surface area contributed by atoms with Gasteiger partial charge in [-0.15, -0.1) is 0 Å². The van der Waals surface area contributed by atoms with Crippen LogP contribution in [-0.4, -0.2) is 21.4 Å². The van der Waals surface area contributed by atoms with Crippen LogP contribution in [0.15, 0.2) is 59.8 Å². The van der Waals surface area contributed by atoms with Crippen molar-refractivity contribution in [2.75, 3.05) is 0 Å². The number of nitrogens with one attached hydrogen (secondary N) is 1. The molecule has 0 aliphatic carbocycles. The molecule has 0 saturated heterocycles. The summed E-state index contributed by atoms with van der Waals surface area (Å²) < 4.78 is 1.64. The molecule has 1 amide bonds. The monoisotopic (exact) mass is 306 g/mol. The Morgan fingerprint density at radius 1 is 1.17 bits per heavy atom. The summed E-state index contributed by atoms with van der Waals surface area (Å²) in [6.45, 7) is 3.95. The normalized spacial score (nSPS) is 11.7. The fourth-order valence-electron chi connectivity index (χ4n) is 2.36. The van der Waals surface area contributed by atoms with Gasteiger partial charge in [-0.25, -0.2) is 5.43 Å². The molecule has 0 aliphatic rings. The maximum Gasteiger partial charge on any atom is 0.261 e. The van der Waals surface area contributed by atoms with Crippen LogP contribution >= 0.6 is 0 Å². The molecule has 0 atom stereocenters. The Morgan fingerprint density at radius 2 is 1.96 bits per heavy atom. The third kappa shape index (κ3) is 3.45. The van der Waals surface area contributed by atoms with Gasteiger partial charge in [0.1, 0.15) is 6.54 Å². The maximum absolute atomic E-state index is 11.9. The Hall–Kier alpha value is -2.95. The van der Waals surface area contributed by atoms with E-state index in [9.17, 15) is 4.79 Å². The summed E-state index contributed by atoms with van der Waals surface area (Å²) in [5.74, 6) is -0.197. The second-order valence-corrected chi connectivity index (χ2v) is 5.42. The molecule has 0 bridgehead atoms. The number of fused-ring (bicyclic) bond motifs is 1. The van der Waals surface area contributed by atoms with Crippen molar-refractivity contribution in [3.63, 3.8) is 0 Å². The quantitative estimate of drug-likeness (QED) is 0.595. The van der Waals surface area contributed by atoms with Crippen molar-refractivity contribution in [2.45, 2.75) is 20.4 Å². The van der Waals surface area contributed by atoms with Crippen molar-refractivity contribution in [3.8, 4) is 0 Å². The smallest absolute Gasteiger partial charge is 0.261 e. The first-order valence-corrected chi connectivity index (χ1v) is 7.44. The third-order valence-electron chi connectivity index (χ3n) is 3.74. The Kier molecular flexibility index (Phi) is 4.19. The number of hydrazone groups is 1. The summed E-state index contributed by atoms with van der Waals surface area (Å²) in [7, 11) is 0. The maximum atomic E-state index is 11.9. The van der Waals surface area contributed by atoms with E-state index in [1.54, 1.807) is 10.9 Å². The largest absolute Gasteiger partial charge is 0.271 e. The van der Waals surface area contributed by atoms with Gasteiger partial charge in [-0.05, 0) is 42.3 Å². The lowest BCUT2D eigenvalue weighted by atomic mass is 10.0. The van der Waals surface area contributed by atoms with Crippen LogP contribution in [-0.2, 0) is 11.3 Å². The number of carbonyl (C=O) groups is 1. The first kappa shape index (κ1) is 15.0. The summed E-state index contributed by atoms with van der Waals surface area (Å²) in [5.41, 5.74) is 5.27. The first-order chi connectivity index (χ1) is 11.1. The van der Waals surface area contributed by atoms with Gasteiger partial charge < -0.3 is 0 Å². The van der Waals surface area contributed by atoms with E-state index in [0.29, 0.717) is 0 Å². The minimum absolute atomic E-state index is 0.160. The summed E-state index contributed by atoms with van der Waals surface area (Å²) in [6.07, 6.45) is 1.67. The topological polar surface area (TPSA) is 59.3 Å². The number of hydrogen-bond donors (Lipinski definition) is 1. The Balaban J connectivity index is 1.71. The average molecular weight is 306 g/mol. The lowest BCUT2D eigenvalue weighted by molar-refractivity contribution is -0.121. The average Bonchev–Trinajstić information content (AvgIpc) is 2.97. The van der Waals surface area contributed by atoms with Crippen molar-refractivity contribution < 1.29 is 4.79 Å². The van der Waals surface area contributed by atoms with Crippen molar-refractivity contribution in [1.82, 2.24) is 15.2 Å². The van der Waals surface area contributed by atoms with Gasteiger partial charge in [-0.3, -0.25) is 9.48 Å². The van der Waals surface area contributed by atoms with Gasteiger partial charge in [0.2, 0.25) is 0 Å². The van der Waals surface area contributed by atoms with E-state index < -0.39 is 0 Å². The molecule has 1 heterocycles. The van der Waals surface area contributed by atoms with Gasteiger partial charge >= 0.3 is 0 Å². The Morgan fingerprint density at radius 3 is 2.70 bits per heavy atom. The van der Waals surface area contributed by atoms with E-state index in [1.807, 2.05) is 38.1 Å². The molecule has 1 aromatic heterocycles. The molecule has 116 valence electrons. The van der Waals surface area contributed by atoms with Crippen molar-refractivity contribution in [3.05, 3.63) is 66.0 Å². The lowest BCUT2D eigenvalue weighted by Gasteiger charge is -2.06. The van der Waals surface area contributed by atoms with Crippen LogP contribution in [0.4, 0.5) is 0 Å². The second kappa shape index (κ2) is 6.44. The molecule has 1 N–H and O–H groups in total. The molecule has 0 saturated carbocycles. The summed E-state index contributed by atoms with van der Waals surface area (Å²) >= 11 is 0. The fraction of sp³-hybridized carbons (Fsp3) is 0.167. The summed E-state index contributed by atoms with van der Waals surface area (Å²) in [4.78, 5) is 11.9. The van der Waals surface area contributed by atoms with E-state index in [1.165, 1.54) is 5.39 Å². The standard InChI is InChI=1S/C18H18N4O/c1-13-9-10-19-22(13)12-18(23)21-20-14(2)16-8-7-15-5-3-4-6-17(15)11-16/h3-11H,12H2,1-2H3,(H,21,23)/b20-14+. The highest BCUT2D eigenvalue weighted by Crippen LogP contribution is 2.16. The zero-order chi connectivity index (χ0) is 16.2. The number of hydrogen-bond acceptors (Lipinski definition) is 3. The van der Waals surface area contributed by atoms with Crippen LogP contribution in [0.3, 0.4) is 0 Å². The minimum Gasteiger partial charge on any atom is -0.271 e. The van der Waals surface area contributed by atoms with E-state index in [0.717, 1.165) is 22.4 Å². The summed E-state index contributed by atoms with van der Waals surface area (Å²) in [5, 5.41) is 10.6. The van der Waals surface area contributed by atoms with Crippen LogP contribution in [0.25, 0.3) is 10.8 Å². The first-order valence-electron chi connectivity index (χ1n) is 7.44. The molecule has 3 rings (SSSR count). The van der Waals surface area contributed by atoms with Crippen molar-refractivity contribution >= 4 is 22.4 Å². The molecule has 0 spiro atoms. The van der Waals surface area contributed by atoms with Gasteiger partial charge in [0.05, 0.1) is 5.71 Å².